The van der Waals surface area contributed by atoms with Gasteiger partial charge < -0.3 is 9.47 Å². The molecule has 3 rings (SSSR count). The summed E-state index contributed by atoms with van der Waals surface area (Å²) in [5.74, 6) is 0.957. The monoisotopic (exact) mass is 366 g/mol. The first-order valence-corrected chi connectivity index (χ1v) is 9.26. The predicted octanol–water partition coefficient (Wildman–Crippen LogP) is 6.12. The van der Waals surface area contributed by atoms with Crippen LogP contribution in [-0.2, 0) is 4.74 Å². The molecule has 3 heteroatoms. The second-order valence-electron chi connectivity index (χ2n) is 6.16. The number of rotatable bonds is 8. The lowest BCUT2D eigenvalue weighted by Crippen LogP contribution is -2.17. The van der Waals surface area contributed by atoms with Gasteiger partial charge in [-0.3, -0.25) is 0 Å². The third-order valence-corrected chi connectivity index (χ3v) is 4.81. The molecule has 26 heavy (non-hydrogen) atoms. The van der Waals surface area contributed by atoms with Gasteiger partial charge in [-0.2, -0.15) is 0 Å². The molecule has 0 saturated carbocycles. The van der Waals surface area contributed by atoms with Crippen LogP contribution in [0.5, 0.6) is 5.75 Å². The molecule has 0 aromatic heterocycles. The Bertz CT molecular complexity index is 772. The van der Waals surface area contributed by atoms with Gasteiger partial charge >= 0.3 is 0 Å². The van der Waals surface area contributed by atoms with E-state index in [0.29, 0.717) is 13.2 Å². The van der Waals surface area contributed by atoms with Crippen molar-refractivity contribution in [2.24, 2.45) is 0 Å². The average molecular weight is 367 g/mol. The van der Waals surface area contributed by atoms with Crippen LogP contribution in [0.2, 0.25) is 0 Å². The number of ether oxygens (including phenoxy) is 2. The maximum atomic E-state index is 6.36. The van der Waals surface area contributed by atoms with E-state index in [1.807, 2.05) is 48.5 Å². The van der Waals surface area contributed by atoms with Crippen molar-refractivity contribution in [3.63, 3.8) is 0 Å². The molecule has 3 aromatic carbocycles. The molecule has 0 fully saturated rings. The van der Waals surface area contributed by atoms with E-state index in [-0.39, 0.29) is 11.5 Å². The Hall–Kier alpha value is -2.29. The molecule has 0 amide bonds. The Morgan fingerprint density at radius 2 is 1.31 bits per heavy atom. The van der Waals surface area contributed by atoms with Crippen molar-refractivity contribution in [1.29, 1.82) is 0 Å². The van der Waals surface area contributed by atoms with Crippen LogP contribution in [0.3, 0.4) is 0 Å². The van der Waals surface area contributed by atoms with E-state index in [0.717, 1.165) is 5.75 Å². The first-order valence-electron chi connectivity index (χ1n) is 8.83. The maximum absolute atomic E-state index is 6.36. The molecule has 134 valence electrons. The normalized spacial score (nSPS) is 13.2. The third-order valence-electron chi connectivity index (χ3n) is 4.31. The minimum absolute atomic E-state index is 0.128. The van der Waals surface area contributed by atoms with Crippen LogP contribution >= 0.6 is 11.6 Å². The maximum Gasteiger partial charge on any atom is 0.137 e. The fourth-order valence-electron chi connectivity index (χ4n) is 2.75. The van der Waals surface area contributed by atoms with Gasteiger partial charge in [0.05, 0.1) is 6.61 Å². The minimum atomic E-state index is -0.374. The largest absolute Gasteiger partial charge is 0.491 e. The van der Waals surface area contributed by atoms with Gasteiger partial charge in [0.15, 0.2) is 0 Å². The van der Waals surface area contributed by atoms with Crippen molar-refractivity contribution in [3.05, 3.63) is 90.5 Å². The molecule has 2 atom stereocenters. The van der Waals surface area contributed by atoms with Crippen LogP contribution in [-0.4, -0.2) is 18.8 Å². The summed E-state index contributed by atoms with van der Waals surface area (Å²) in [6.45, 7) is 2.98. The van der Waals surface area contributed by atoms with E-state index in [1.54, 1.807) is 0 Å². The lowest BCUT2D eigenvalue weighted by Gasteiger charge is -2.19. The van der Waals surface area contributed by atoms with Crippen LogP contribution in [0, 0.1) is 0 Å². The number of halogens is 1. The van der Waals surface area contributed by atoms with Crippen LogP contribution in [0.15, 0.2) is 84.9 Å². The summed E-state index contributed by atoms with van der Waals surface area (Å²) < 4.78 is 11.5. The molecule has 0 aliphatic rings. The lowest BCUT2D eigenvalue weighted by atomic mass is 10.0. The minimum Gasteiger partial charge on any atom is -0.491 e. The number of hydrogen-bond acceptors (Lipinski definition) is 2. The van der Waals surface area contributed by atoms with Gasteiger partial charge in [0.2, 0.25) is 0 Å². The van der Waals surface area contributed by atoms with Crippen molar-refractivity contribution in [1.82, 2.24) is 0 Å². The molecule has 2 nitrogen and oxygen atoms in total. The van der Waals surface area contributed by atoms with Crippen molar-refractivity contribution < 1.29 is 9.47 Å². The molecule has 3 aromatic rings. The van der Waals surface area contributed by atoms with E-state index in [2.05, 4.69) is 43.3 Å². The highest BCUT2D eigenvalue weighted by Gasteiger charge is 2.16. The Morgan fingerprint density at radius 3 is 1.96 bits per heavy atom. The van der Waals surface area contributed by atoms with Crippen molar-refractivity contribution >= 4 is 11.6 Å². The van der Waals surface area contributed by atoms with Crippen molar-refractivity contribution in [2.45, 2.75) is 18.4 Å². The highest BCUT2D eigenvalue weighted by atomic mass is 35.5. The van der Waals surface area contributed by atoms with Crippen LogP contribution < -0.4 is 4.74 Å². The average Bonchev–Trinajstić information content (AvgIpc) is 2.72. The second-order valence-corrected chi connectivity index (χ2v) is 6.59. The van der Waals surface area contributed by atoms with Crippen molar-refractivity contribution in [3.8, 4) is 16.9 Å². The van der Waals surface area contributed by atoms with Gasteiger partial charge in [0.1, 0.15) is 17.9 Å². The zero-order valence-corrected chi connectivity index (χ0v) is 15.6. The van der Waals surface area contributed by atoms with Gasteiger partial charge in [-0.1, -0.05) is 91.3 Å². The van der Waals surface area contributed by atoms with Crippen LogP contribution in [0.25, 0.3) is 11.1 Å². The third kappa shape index (κ3) is 5.10. The van der Waals surface area contributed by atoms with Crippen LogP contribution in [0.1, 0.15) is 18.4 Å². The number of hydrogen-bond donors (Lipinski definition) is 0. The molecular weight excluding hydrogens is 344 g/mol. The quantitative estimate of drug-likeness (QED) is 0.353. The summed E-state index contributed by atoms with van der Waals surface area (Å²) in [6.07, 6.45) is 0. The van der Waals surface area contributed by atoms with E-state index in [9.17, 15) is 0 Å². The van der Waals surface area contributed by atoms with Gasteiger partial charge in [-0.25, -0.2) is 0 Å². The lowest BCUT2D eigenvalue weighted by molar-refractivity contribution is 0.0674. The SMILES string of the molecule is CC(c1ccccc1)C(Cl)OCCOc1ccc(-c2ccccc2)cc1. The molecule has 2 unspecified atom stereocenters. The summed E-state index contributed by atoms with van der Waals surface area (Å²) in [5.41, 5.74) is 3.17. The Morgan fingerprint density at radius 1 is 0.731 bits per heavy atom. The zero-order chi connectivity index (χ0) is 18.2. The molecule has 0 heterocycles. The summed E-state index contributed by atoms with van der Waals surface area (Å²) in [4.78, 5) is 0. The topological polar surface area (TPSA) is 18.5 Å². The molecule has 0 spiro atoms. The molecule has 0 N–H and O–H groups in total. The highest BCUT2D eigenvalue weighted by Crippen LogP contribution is 2.24. The van der Waals surface area contributed by atoms with E-state index >= 15 is 0 Å². The van der Waals surface area contributed by atoms with E-state index < -0.39 is 0 Å². The molecule has 0 bridgehead atoms. The summed E-state index contributed by atoms with van der Waals surface area (Å²) in [6, 6.07) is 28.5. The molecule has 0 radical (unpaired) electrons. The van der Waals surface area contributed by atoms with Gasteiger partial charge in [-0.15, -0.1) is 0 Å². The molecular formula is C23H23ClO2. The highest BCUT2D eigenvalue weighted by molar-refractivity contribution is 6.20. The standard InChI is InChI=1S/C23H23ClO2/c1-18(19-8-4-2-5-9-19)23(24)26-17-16-25-22-14-12-21(13-15-22)20-10-6-3-7-11-20/h2-15,18,23H,16-17H2,1H3. The Balaban J connectivity index is 1.43. The van der Waals surface area contributed by atoms with Crippen molar-refractivity contribution in [2.75, 3.05) is 13.2 Å². The smallest absolute Gasteiger partial charge is 0.137 e. The van der Waals surface area contributed by atoms with E-state index in [1.165, 1.54) is 16.7 Å². The fraction of sp³-hybridized carbons (Fsp3) is 0.217. The van der Waals surface area contributed by atoms with Gasteiger partial charge in [-0.05, 0) is 28.8 Å². The Labute approximate surface area is 160 Å². The van der Waals surface area contributed by atoms with Gasteiger partial charge in [0.25, 0.3) is 0 Å². The molecule has 0 aliphatic heterocycles. The number of benzene rings is 3. The zero-order valence-electron chi connectivity index (χ0n) is 14.8. The van der Waals surface area contributed by atoms with Crippen LogP contribution in [0.4, 0.5) is 0 Å². The summed E-state index contributed by atoms with van der Waals surface area (Å²) in [7, 11) is 0. The Kier molecular flexibility index (Phi) is 6.70. The summed E-state index contributed by atoms with van der Waals surface area (Å²) >= 11 is 6.36. The predicted molar refractivity (Wildman–Crippen MR) is 108 cm³/mol. The summed E-state index contributed by atoms with van der Waals surface area (Å²) in [5, 5.41) is 0. The first kappa shape index (κ1) is 18.5. The number of alkyl halides is 1. The first-order chi connectivity index (χ1) is 12.7. The fourth-order valence-corrected chi connectivity index (χ4v) is 2.98. The van der Waals surface area contributed by atoms with Gasteiger partial charge in [0, 0.05) is 5.92 Å². The van der Waals surface area contributed by atoms with E-state index in [4.69, 9.17) is 21.1 Å². The molecule has 0 saturated heterocycles. The molecule has 0 aliphatic carbocycles. The second kappa shape index (κ2) is 9.42.